The monoisotopic (exact) mass is 300 g/mol. The molecule has 118 valence electrons. The standard InChI is InChI=1S/C19H24O3/c1-18-10-8-15(20)17(22)14(18)4-3-11-12-5-6-16(21)19(12,2)9-7-13(11)18/h3-4,11-14H,5-10H2,1-2H3/t11-,12-,13+,14?,18+,19-/m0/s1. The lowest BCUT2D eigenvalue weighted by atomic mass is 9.47. The van der Waals surface area contributed by atoms with Crippen molar-refractivity contribution in [2.75, 3.05) is 0 Å². The molecule has 0 saturated heterocycles. The van der Waals surface area contributed by atoms with Gasteiger partial charge in [-0.2, -0.15) is 0 Å². The largest absolute Gasteiger partial charge is 0.299 e. The van der Waals surface area contributed by atoms with Crippen LogP contribution in [0.1, 0.15) is 52.4 Å². The number of carbonyl (C=O) groups is 3. The molecule has 3 fully saturated rings. The predicted molar refractivity (Wildman–Crippen MR) is 82.0 cm³/mol. The van der Waals surface area contributed by atoms with Crippen LogP contribution in [0.4, 0.5) is 0 Å². The maximum absolute atomic E-state index is 12.3. The fraction of sp³-hybridized carbons (Fsp3) is 0.737. The molecule has 0 spiro atoms. The van der Waals surface area contributed by atoms with E-state index in [1.807, 2.05) is 6.08 Å². The summed E-state index contributed by atoms with van der Waals surface area (Å²) in [5.74, 6) is 1.13. The van der Waals surface area contributed by atoms with Gasteiger partial charge in [0.2, 0.25) is 5.78 Å². The van der Waals surface area contributed by atoms with Crippen LogP contribution in [0, 0.1) is 34.5 Å². The molecule has 0 aromatic heterocycles. The second kappa shape index (κ2) is 4.39. The van der Waals surface area contributed by atoms with E-state index in [-0.39, 0.29) is 28.3 Å². The summed E-state index contributed by atoms with van der Waals surface area (Å²) >= 11 is 0. The van der Waals surface area contributed by atoms with Crippen molar-refractivity contribution in [3.8, 4) is 0 Å². The fourth-order valence-corrected chi connectivity index (χ4v) is 6.10. The van der Waals surface area contributed by atoms with Gasteiger partial charge < -0.3 is 0 Å². The van der Waals surface area contributed by atoms with E-state index in [4.69, 9.17) is 0 Å². The number of rotatable bonds is 0. The average molecular weight is 300 g/mol. The van der Waals surface area contributed by atoms with Gasteiger partial charge >= 0.3 is 0 Å². The molecule has 0 aromatic rings. The van der Waals surface area contributed by atoms with E-state index < -0.39 is 0 Å². The zero-order chi connectivity index (χ0) is 15.7. The fourth-order valence-electron chi connectivity index (χ4n) is 6.10. The molecule has 0 amide bonds. The van der Waals surface area contributed by atoms with Gasteiger partial charge in [0, 0.05) is 24.2 Å². The minimum atomic E-state index is -0.225. The SMILES string of the molecule is C[C@]12CCC(=O)C(=O)C1C=C[C@@H]1[C@H]2CC[C@]2(C)C(=O)CC[C@@H]12. The van der Waals surface area contributed by atoms with E-state index in [1.54, 1.807) is 0 Å². The number of hydrogen-bond donors (Lipinski definition) is 0. The van der Waals surface area contributed by atoms with E-state index in [1.165, 1.54) is 0 Å². The van der Waals surface area contributed by atoms with E-state index >= 15 is 0 Å². The van der Waals surface area contributed by atoms with Crippen molar-refractivity contribution in [2.24, 2.45) is 34.5 Å². The van der Waals surface area contributed by atoms with E-state index in [0.717, 1.165) is 32.1 Å². The third-order valence-corrected chi connectivity index (χ3v) is 7.57. The number of carbonyl (C=O) groups excluding carboxylic acids is 3. The van der Waals surface area contributed by atoms with Crippen LogP contribution in [-0.2, 0) is 14.4 Å². The summed E-state index contributed by atoms with van der Waals surface area (Å²) in [5.41, 5.74) is -0.236. The molecule has 0 radical (unpaired) electrons. The third-order valence-electron chi connectivity index (χ3n) is 7.57. The Bertz CT molecular complexity index is 604. The van der Waals surface area contributed by atoms with Gasteiger partial charge in [-0.15, -0.1) is 0 Å². The summed E-state index contributed by atoms with van der Waals surface area (Å²) in [6.45, 7) is 4.36. The first-order valence-corrected chi connectivity index (χ1v) is 8.66. The van der Waals surface area contributed by atoms with Gasteiger partial charge in [-0.05, 0) is 48.9 Å². The Morgan fingerprint density at radius 3 is 2.50 bits per heavy atom. The highest BCUT2D eigenvalue weighted by molar-refractivity contribution is 6.39. The number of hydrogen-bond acceptors (Lipinski definition) is 3. The Balaban J connectivity index is 1.74. The first-order valence-electron chi connectivity index (χ1n) is 8.66. The topological polar surface area (TPSA) is 51.2 Å². The molecule has 3 heteroatoms. The second-order valence-corrected chi connectivity index (χ2v) is 8.36. The van der Waals surface area contributed by atoms with Crippen molar-refractivity contribution in [1.29, 1.82) is 0 Å². The maximum atomic E-state index is 12.3. The normalized spacial score (nSPS) is 50.5. The second-order valence-electron chi connectivity index (χ2n) is 8.36. The lowest BCUT2D eigenvalue weighted by Crippen LogP contribution is -2.54. The first-order chi connectivity index (χ1) is 10.4. The predicted octanol–water partition coefficient (Wildman–Crippen LogP) is 3.12. The number of ketones is 3. The lowest BCUT2D eigenvalue weighted by molar-refractivity contribution is -0.149. The molecule has 3 nitrogen and oxygen atoms in total. The van der Waals surface area contributed by atoms with Gasteiger partial charge in [-0.1, -0.05) is 26.0 Å². The molecule has 0 N–H and O–H groups in total. The molecule has 0 aliphatic heterocycles. The van der Waals surface area contributed by atoms with Crippen molar-refractivity contribution in [2.45, 2.75) is 52.4 Å². The molecule has 4 rings (SSSR count). The lowest BCUT2D eigenvalue weighted by Gasteiger charge is -2.56. The Hall–Kier alpha value is -1.25. The molecule has 1 unspecified atom stereocenters. The summed E-state index contributed by atoms with van der Waals surface area (Å²) in [5, 5.41) is 0. The van der Waals surface area contributed by atoms with Crippen LogP contribution in [0.25, 0.3) is 0 Å². The van der Waals surface area contributed by atoms with E-state index in [2.05, 4.69) is 19.9 Å². The molecule has 3 saturated carbocycles. The van der Waals surface area contributed by atoms with Crippen molar-refractivity contribution < 1.29 is 14.4 Å². The molecule has 0 heterocycles. The highest BCUT2D eigenvalue weighted by atomic mass is 16.2. The van der Waals surface area contributed by atoms with Crippen molar-refractivity contribution in [3.05, 3.63) is 12.2 Å². The van der Waals surface area contributed by atoms with Crippen LogP contribution in [0.15, 0.2) is 12.2 Å². The number of Topliss-reactive ketones (excluding diaryl/α,β-unsaturated/α-hetero) is 3. The van der Waals surface area contributed by atoms with Crippen LogP contribution >= 0.6 is 0 Å². The van der Waals surface area contributed by atoms with Crippen molar-refractivity contribution in [3.63, 3.8) is 0 Å². The van der Waals surface area contributed by atoms with Crippen LogP contribution in [0.2, 0.25) is 0 Å². The Labute approximate surface area is 131 Å². The Morgan fingerprint density at radius 2 is 1.73 bits per heavy atom. The molecule has 4 aliphatic carbocycles. The van der Waals surface area contributed by atoms with Gasteiger partial charge in [0.15, 0.2) is 5.78 Å². The molecule has 0 aromatic carbocycles. The minimum Gasteiger partial charge on any atom is -0.299 e. The van der Waals surface area contributed by atoms with Gasteiger partial charge in [0.25, 0.3) is 0 Å². The first kappa shape index (κ1) is 14.3. The van der Waals surface area contributed by atoms with Crippen LogP contribution in [0.5, 0.6) is 0 Å². The highest BCUT2D eigenvalue weighted by Gasteiger charge is 2.60. The zero-order valence-corrected chi connectivity index (χ0v) is 13.4. The summed E-state index contributed by atoms with van der Waals surface area (Å²) < 4.78 is 0. The Kier molecular flexibility index (Phi) is 2.87. The molecule has 0 bridgehead atoms. The van der Waals surface area contributed by atoms with E-state index in [0.29, 0.717) is 30.0 Å². The summed E-state index contributed by atoms with van der Waals surface area (Å²) in [4.78, 5) is 36.5. The molecule has 22 heavy (non-hydrogen) atoms. The number of allylic oxidation sites excluding steroid dienone is 2. The minimum absolute atomic E-state index is 0.0859. The summed E-state index contributed by atoms with van der Waals surface area (Å²) in [6, 6.07) is 0. The van der Waals surface area contributed by atoms with Crippen molar-refractivity contribution in [1.82, 2.24) is 0 Å². The van der Waals surface area contributed by atoms with Crippen LogP contribution in [0.3, 0.4) is 0 Å². The van der Waals surface area contributed by atoms with Crippen LogP contribution < -0.4 is 0 Å². The highest BCUT2D eigenvalue weighted by Crippen LogP contribution is 2.62. The Morgan fingerprint density at radius 1 is 0.955 bits per heavy atom. The zero-order valence-electron chi connectivity index (χ0n) is 13.4. The van der Waals surface area contributed by atoms with Crippen LogP contribution in [-0.4, -0.2) is 17.3 Å². The van der Waals surface area contributed by atoms with Gasteiger partial charge in [-0.25, -0.2) is 0 Å². The molecular weight excluding hydrogens is 276 g/mol. The van der Waals surface area contributed by atoms with E-state index in [9.17, 15) is 14.4 Å². The summed E-state index contributed by atoms with van der Waals surface area (Å²) in [6.07, 6.45) is 9.11. The third kappa shape index (κ3) is 1.60. The molecule has 4 aliphatic rings. The van der Waals surface area contributed by atoms with Gasteiger partial charge in [0.05, 0.1) is 0 Å². The van der Waals surface area contributed by atoms with Gasteiger partial charge in [-0.3, -0.25) is 14.4 Å². The molecular formula is C19H24O3. The summed E-state index contributed by atoms with van der Waals surface area (Å²) in [7, 11) is 0. The quantitative estimate of drug-likeness (QED) is 0.510. The smallest absolute Gasteiger partial charge is 0.205 e. The average Bonchev–Trinajstić information content (AvgIpc) is 2.79. The number of fused-ring (bicyclic) bond motifs is 5. The van der Waals surface area contributed by atoms with Gasteiger partial charge in [0.1, 0.15) is 5.78 Å². The molecule has 6 atom stereocenters. The maximum Gasteiger partial charge on any atom is 0.205 e. The van der Waals surface area contributed by atoms with Crippen molar-refractivity contribution >= 4 is 17.3 Å².